The zero-order chi connectivity index (χ0) is 19.9. The van der Waals surface area contributed by atoms with Crippen LogP contribution >= 0.6 is 46.7 Å². The number of aliphatic imine (C=N–C) groups is 1. The highest BCUT2D eigenvalue weighted by molar-refractivity contribution is 14.0. The summed E-state index contributed by atoms with van der Waals surface area (Å²) in [5, 5.41) is 10.7. The van der Waals surface area contributed by atoms with Crippen LogP contribution in [0.5, 0.6) is 5.75 Å². The van der Waals surface area contributed by atoms with E-state index in [2.05, 4.69) is 39.8 Å². The Hall–Kier alpha value is -1.72. The maximum absolute atomic E-state index is 5.21. The molecule has 3 rings (SSSR count). The first-order chi connectivity index (χ1) is 13.6. The lowest BCUT2D eigenvalue weighted by molar-refractivity contribution is 0.415. The van der Waals surface area contributed by atoms with Crippen molar-refractivity contribution >= 4 is 52.6 Å². The topological polar surface area (TPSA) is 71.4 Å². The van der Waals surface area contributed by atoms with E-state index >= 15 is 0 Å². The van der Waals surface area contributed by atoms with Gasteiger partial charge in [-0.2, -0.15) is 0 Å². The second-order valence-electron chi connectivity index (χ2n) is 6.17. The summed E-state index contributed by atoms with van der Waals surface area (Å²) in [5.41, 5.74) is 3.13. The molecule has 0 aliphatic carbocycles. The third-order valence-corrected chi connectivity index (χ3v) is 6.13. The van der Waals surface area contributed by atoms with Crippen molar-refractivity contribution in [1.82, 2.24) is 20.6 Å². The second kappa shape index (κ2) is 11.5. The van der Waals surface area contributed by atoms with Crippen LogP contribution in [0.15, 0.2) is 34.6 Å². The number of aryl methyl sites for hydroxylation is 2. The number of benzene rings is 1. The third kappa shape index (κ3) is 6.65. The normalized spacial score (nSPS) is 11.1. The van der Waals surface area contributed by atoms with Crippen molar-refractivity contribution in [2.24, 2.45) is 4.99 Å². The van der Waals surface area contributed by atoms with Gasteiger partial charge in [0.05, 0.1) is 31.6 Å². The number of nitrogens with one attached hydrogen (secondary N) is 2. The summed E-state index contributed by atoms with van der Waals surface area (Å²) < 4.78 is 5.21. The van der Waals surface area contributed by atoms with Crippen LogP contribution in [0.3, 0.4) is 0 Å². The Labute approximate surface area is 196 Å². The minimum absolute atomic E-state index is 0. The van der Waals surface area contributed by atoms with Gasteiger partial charge in [0.25, 0.3) is 0 Å². The first-order valence-corrected chi connectivity index (χ1v) is 10.8. The molecular formula is C20H26IN5OS2. The molecule has 29 heavy (non-hydrogen) atoms. The van der Waals surface area contributed by atoms with E-state index < -0.39 is 0 Å². The average Bonchev–Trinajstić information content (AvgIpc) is 3.31. The SMILES string of the molecule is CCNC(=NCc1csc(-c2ccc(OC)cc2)n1)NCc1nc(C)c(C)s1.I. The molecule has 0 unspecified atom stereocenters. The lowest BCUT2D eigenvalue weighted by Gasteiger charge is -2.09. The average molecular weight is 544 g/mol. The Morgan fingerprint density at radius 1 is 1.14 bits per heavy atom. The Morgan fingerprint density at radius 3 is 2.52 bits per heavy atom. The predicted octanol–water partition coefficient (Wildman–Crippen LogP) is 4.77. The van der Waals surface area contributed by atoms with Gasteiger partial charge in [-0.05, 0) is 45.0 Å². The number of ether oxygens (including phenoxy) is 1. The van der Waals surface area contributed by atoms with Gasteiger partial charge in [0.15, 0.2) is 5.96 Å². The number of hydrogen-bond donors (Lipinski definition) is 2. The summed E-state index contributed by atoms with van der Waals surface area (Å²) in [7, 11) is 1.67. The standard InChI is InChI=1S/C20H25N5OS2.HI/c1-5-21-20(23-11-18-24-13(2)14(3)28-18)22-10-16-12-27-19(25-16)15-6-8-17(26-4)9-7-15;/h6-9,12H,5,10-11H2,1-4H3,(H2,21,22,23);1H. The van der Waals surface area contributed by atoms with Crippen LogP contribution in [-0.2, 0) is 13.1 Å². The molecule has 156 valence electrons. The smallest absolute Gasteiger partial charge is 0.191 e. The third-order valence-electron chi connectivity index (χ3n) is 4.11. The maximum atomic E-state index is 5.21. The van der Waals surface area contributed by atoms with E-state index in [1.807, 2.05) is 31.2 Å². The Morgan fingerprint density at radius 2 is 1.90 bits per heavy atom. The van der Waals surface area contributed by atoms with Gasteiger partial charge in [0.2, 0.25) is 0 Å². The van der Waals surface area contributed by atoms with Crippen LogP contribution in [0.25, 0.3) is 10.6 Å². The summed E-state index contributed by atoms with van der Waals surface area (Å²) >= 11 is 3.34. The number of guanidine groups is 1. The first-order valence-electron chi connectivity index (χ1n) is 9.13. The molecule has 0 bridgehead atoms. The minimum Gasteiger partial charge on any atom is -0.497 e. The molecule has 9 heteroatoms. The molecule has 3 aromatic rings. The van der Waals surface area contributed by atoms with Gasteiger partial charge in [0, 0.05) is 22.4 Å². The molecule has 0 spiro atoms. The summed E-state index contributed by atoms with van der Waals surface area (Å²) in [5.74, 6) is 1.61. The Kier molecular flexibility index (Phi) is 9.31. The van der Waals surface area contributed by atoms with E-state index in [9.17, 15) is 0 Å². The van der Waals surface area contributed by atoms with Gasteiger partial charge in [-0.15, -0.1) is 46.7 Å². The molecule has 1 aromatic carbocycles. The molecule has 0 aliphatic rings. The fourth-order valence-corrected chi connectivity index (χ4v) is 4.21. The highest BCUT2D eigenvalue weighted by atomic mass is 127. The minimum atomic E-state index is 0. The van der Waals surface area contributed by atoms with Crippen molar-refractivity contribution < 1.29 is 4.74 Å². The van der Waals surface area contributed by atoms with Gasteiger partial charge in [-0.1, -0.05) is 0 Å². The van der Waals surface area contributed by atoms with Crippen LogP contribution in [0.2, 0.25) is 0 Å². The van der Waals surface area contributed by atoms with Crippen molar-refractivity contribution in [3.8, 4) is 16.3 Å². The maximum Gasteiger partial charge on any atom is 0.191 e. The van der Waals surface area contributed by atoms with Crippen molar-refractivity contribution in [1.29, 1.82) is 0 Å². The monoisotopic (exact) mass is 543 g/mol. The van der Waals surface area contributed by atoms with Gasteiger partial charge in [0.1, 0.15) is 15.8 Å². The largest absolute Gasteiger partial charge is 0.497 e. The molecule has 0 aliphatic heterocycles. The Balaban J connectivity index is 0.00000300. The quantitative estimate of drug-likeness (QED) is 0.255. The highest BCUT2D eigenvalue weighted by Crippen LogP contribution is 2.26. The van der Waals surface area contributed by atoms with Gasteiger partial charge < -0.3 is 15.4 Å². The highest BCUT2D eigenvalue weighted by Gasteiger charge is 2.07. The number of hydrogen-bond acceptors (Lipinski definition) is 6. The van der Waals surface area contributed by atoms with Crippen LogP contribution < -0.4 is 15.4 Å². The molecule has 0 amide bonds. The lowest BCUT2D eigenvalue weighted by Crippen LogP contribution is -2.36. The number of methoxy groups -OCH3 is 1. The lowest BCUT2D eigenvalue weighted by atomic mass is 10.2. The molecule has 2 aromatic heterocycles. The van der Waals surface area contributed by atoms with E-state index in [-0.39, 0.29) is 24.0 Å². The van der Waals surface area contributed by atoms with Crippen molar-refractivity contribution in [2.45, 2.75) is 33.9 Å². The predicted molar refractivity (Wildman–Crippen MR) is 133 cm³/mol. The van der Waals surface area contributed by atoms with E-state index in [0.29, 0.717) is 13.1 Å². The molecule has 0 fully saturated rings. The number of aromatic nitrogens is 2. The summed E-state index contributed by atoms with van der Waals surface area (Å²) in [6, 6.07) is 7.94. The molecular weight excluding hydrogens is 517 g/mol. The first kappa shape index (κ1) is 23.6. The van der Waals surface area contributed by atoms with Crippen LogP contribution in [0.1, 0.15) is 28.2 Å². The van der Waals surface area contributed by atoms with E-state index in [1.165, 1.54) is 4.88 Å². The molecule has 0 saturated carbocycles. The Bertz CT molecular complexity index is 917. The molecule has 0 radical (unpaired) electrons. The zero-order valence-electron chi connectivity index (χ0n) is 17.0. The van der Waals surface area contributed by atoms with E-state index in [1.54, 1.807) is 29.8 Å². The summed E-state index contributed by atoms with van der Waals surface area (Å²) in [4.78, 5) is 15.2. The summed E-state index contributed by atoms with van der Waals surface area (Å²) in [6.45, 7) is 8.18. The molecule has 0 saturated heterocycles. The molecule has 2 N–H and O–H groups in total. The van der Waals surface area contributed by atoms with Gasteiger partial charge in [-0.25, -0.2) is 15.0 Å². The second-order valence-corrected chi connectivity index (χ2v) is 8.32. The fraction of sp³-hybridized carbons (Fsp3) is 0.350. The molecule has 6 nitrogen and oxygen atoms in total. The van der Waals surface area contributed by atoms with Crippen molar-refractivity contribution in [3.63, 3.8) is 0 Å². The van der Waals surface area contributed by atoms with E-state index in [4.69, 9.17) is 9.72 Å². The zero-order valence-corrected chi connectivity index (χ0v) is 20.9. The fourth-order valence-electron chi connectivity index (χ4n) is 2.52. The molecule has 2 heterocycles. The summed E-state index contributed by atoms with van der Waals surface area (Å²) in [6.07, 6.45) is 0. The van der Waals surface area contributed by atoms with E-state index in [0.717, 1.165) is 45.2 Å². The number of rotatable bonds is 7. The van der Waals surface area contributed by atoms with Crippen LogP contribution in [0.4, 0.5) is 0 Å². The van der Waals surface area contributed by atoms with Crippen molar-refractivity contribution in [2.75, 3.05) is 13.7 Å². The van der Waals surface area contributed by atoms with Gasteiger partial charge in [-0.3, -0.25) is 0 Å². The van der Waals surface area contributed by atoms with Crippen LogP contribution in [0, 0.1) is 13.8 Å². The van der Waals surface area contributed by atoms with Gasteiger partial charge >= 0.3 is 0 Å². The van der Waals surface area contributed by atoms with Crippen molar-refractivity contribution in [3.05, 3.63) is 50.9 Å². The number of nitrogens with zero attached hydrogens (tertiary/aromatic N) is 3. The number of thiazole rings is 2. The number of halogens is 1. The van der Waals surface area contributed by atoms with Crippen LogP contribution in [-0.4, -0.2) is 29.6 Å². The molecule has 0 atom stereocenters.